The lowest BCUT2D eigenvalue weighted by atomic mass is 10.1. The lowest BCUT2D eigenvalue weighted by Gasteiger charge is -2.01. The van der Waals surface area contributed by atoms with Crippen LogP contribution in [0.4, 0.5) is 0 Å². The SMILES string of the molecule is CCOC(=O)/C=C(/C)CC/C=C(\C)CCC=C(C)C. The molecule has 0 heterocycles. The Hall–Kier alpha value is -1.31. The van der Waals surface area contributed by atoms with E-state index in [0.717, 1.165) is 31.3 Å². The van der Waals surface area contributed by atoms with E-state index < -0.39 is 0 Å². The second-order valence-corrected chi connectivity index (χ2v) is 5.15. The average molecular weight is 264 g/mol. The van der Waals surface area contributed by atoms with Gasteiger partial charge < -0.3 is 4.74 Å². The van der Waals surface area contributed by atoms with Crippen LogP contribution in [0.25, 0.3) is 0 Å². The van der Waals surface area contributed by atoms with Gasteiger partial charge in [0.25, 0.3) is 0 Å². The van der Waals surface area contributed by atoms with Crippen molar-refractivity contribution >= 4 is 5.97 Å². The monoisotopic (exact) mass is 264 g/mol. The molecule has 0 spiro atoms. The zero-order valence-electron chi connectivity index (χ0n) is 13.1. The van der Waals surface area contributed by atoms with Gasteiger partial charge in [0.15, 0.2) is 0 Å². The number of carbonyl (C=O) groups is 1. The van der Waals surface area contributed by atoms with Crippen molar-refractivity contribution in [2.75, 3.05) is 6.61 Å². The standard InChI is InChI=1S/C17H28O2/c1-6-19-17(18)13-16(5)12-8-11-15(4)10-7-9-14(2)3/h9,11,13H,6-8,10,12H2,1-5H3/b15-11+,16-13-. The maximum absolute atomic E-state index is 11.2. The van der Waals surface area contributed by atoms with E-state index in [9.17, 15) is 4.79 Å². The molecule has 0 aliphatic carbocycles. The third-order valence-electron chi connectivity index (χ3n) is 2.77. The van der Waals surface area contributed by atoms with Gasteiger partial charge in [0.2, 0.25) is 0 Å². The highest BCUT2D eigenvalue weighted by molar-refractivity contribution is 5.82. The highest BCUT2D eigenvalue weighted by atomic mass is 16.5. The van der Waals surface area contributed by atoms with Crippen LogP contribution in [0.15, 0.2) is 34.9 Å². The molecule has 0 N–H and O–H groups in total. The molecule has 0 fully saturated rings. The van der Waals surface area contributed by atoms with E-state index in [4.69, 9.17) is 4.74 Å². The van der Waals surface area contributed by atoms with E-state index in [-0.39, 0.29) is 5.97 Å². The van der Waals surface area contributed by atoms with Crippen LogP contribution in [0.3, 0.4) is 0 Å². The van der Waals surface area contributed by atoms with Gasteiger partial charge in [-0.1, -0.05) is 28.9 Å². The molecule has 2 heteroatoms. The number of hydrogen-bond donors (Lipinski definition) is 0. The molecule has 0 rings (SSSR count). The molecule has 2 nitrogen and oxygen atoms in total. The molecule has 0 aromatic rings. The zero-order valence-corrected chi connectivity index (χ0v) is 13.1. The lowest BCUT2D eigenvalue weighted by molar-refractivity contribution is -0.137. The quantitative estimate of drug-likeness (QED) is 0.351. The van der Waals surface area contributed by atoms with Crippen molar-refractivity contribution in [1.82, 2.24) is 0 Å². The maximum atomic E-state index is 11.2. The van der Waals surface area contributed by atoms with Crippen LogP contribution in [0.1, 0.15) is 60.3 Å². The fraction of sp³-hybridized carbons (Fsp3) is 0.588. The van der Waals surface area contributed by atoms with Crippen molar-refractivity contribution in [2.45, 2.75) is 60.3 Å². The zero-order chi connectivity index (χ0) is 14.7. The van der Waals surface area contributed by atoms with E-state index in [1.54, 1.807) is 6.08 Å². The fourth-order valence-electron chi connectivity index (χ4n) is 1.69. The first-order chi connectivity index (χ1) is 8.95. The number of allylic oxidation sites excluding steroid dienone is 5. The summed E-state index contributed by atoms with van der Waals surface area (Å²) in [5.74, 6) is -0.232. The van der Waals surface area contributed by atoms with Crippen molar-refractivity contribution in [3.05, 3.63) is 34.9 Å². The van der Waals surface area contributed by atoms with E-state index in [1.807, 2.05) is 13.8 Å². The number of carbonyl (C=O) groups excluding carboxylic acids is 1. The Bertz CT molecular complexity index is 355. The third-order valence-corrected chi connectivity index (χ3v) is 2.77. The van der Waals surface area contributed by atoms with Crippen LogP contribution < -0.4 is 0 Å². The Morgan fingerprint density at radius 2 is 1.53 bits per heavy atom. The number of hydrogen-bond acceptors (Lipinski definition) is 2. The van der Waals surface area contributed by atoms with Crippen molar-refractivity contribution in [2.24, 2.45) is 0 Å². The van der Waals surface area contributed by atoms with Gasteiger partial charge in [0.1, 0.15) is 0 Å². The number of ether oxygens (including phenoxy) is 1. The summed E-state index contributed by atoms with van der Waals surface area (Å²) in [6.45, 7) is 10.7. The topological polar surface area (TPSA) is 26.3 Å². The molecule has 0 aliphatic heterocycles. The van der Waals surface area contributed by atoms with Crippen LogP contribution in [-0.4, -0.2) is 12.6 Å². The van der Waals surface area contributed by atoms with Crippen LogP contribution >= 0.6 is 0 Å². The van der Waals surface area contributed by atoms with Crippen LogP contribution in [-0.2, 0) is 9.53 Å². The highest BCUT2D eigenvalue weighted by Gasteiger charge is 1.97. The number of esters is 1. The van der Waals surface area contributed by atoms with Gasteiger partial charge >= 0.3 is 5.97 Å². The second kappa shape index (κ2) is 10.6. The first-order valence-electron chi connectivity index (χ1n) is 7.08. The molecule has 108 valence electrons. The van der Waals surface area contributed by atoms with E-state index in [1.165, 1.54) is 11.1 Å². The predicted molar refractivity (Wildman–Crippen MR) is 82.0 cm³/mol. The van der Waals surface area contributed by atoms with Gasteiger partial charge in [-0.05, 0) is 60.3 Å². The van der Waals surface area contributed by atoms with E-state index >= 15 is 0 Å². The summed E-state index contributed by atoms with van der Waals surface area (Å²) >= 11 is 0. The number of rotatable bonds is 8. The Labute approximate surface area is 118 Å². The van der Waals surface area contributed by atoms with Crippen LogP contribution in [0, 0.1) is 0 Å². The minimum Gasteiger partial charge on any atom is -0.463 e. The smallest absolute Gasteiger partial charge is 0.330 e. The first-order valence-corrected chi connectivity index (χ1v) is 7.08. The van der Waals surface area contributed by atoms with Gasteiger partial charge in [0, 0.05) is 6.08 Å². The summed E-state index contributed by atoms with van der Waals surface area (Å²) in [5, 5.41) is 0. The van der Waals surface area contributed by atoms with E-state index in [2.05, 4.69) is 32.9 Å². The minimum atomic E-state index is -0.232. The summed E-state index contributed by atoms with van der Waals surface area (Å²) in [7, 11) is 0. The second-order valence-electron chi connectivity index (χ2n) is 5.15. The lowest BCUT2D eigenvalue weighted by Crippen LogP contribution is -2.00. The van der Waals surface area contributed by atoms with Crippen LogP contribution in [0.2, 0.25) is 0 Å². The van der Waals surface area contributed by atoms with Gasteiger partial charge in [-0.2, -0.15) is 0 Å². The highest BCUT2D eigenvalue weighted by Crippen LogP contribution is 2.11. The molecule has 0 bridgehead atoms. The third kappa shape index (κ3) is 11.5. The molecule has 0 atom stereocenters. The summed E-state index contributed by atoms with van der Waals surface area (Å²) in [6, 6.07) is 0. The molecule has 0 aliphatic rings. The predicted octanol–water partition coefficient (Wildman–Crippen LogP) is 4.97. The average Bonchev–Trinajstić information content (AvgIpc) is 2.28. The molecule has 0 saturated heterocycles. The fourth-order valence-corrected chi connectivity index (χ4v) is 1.69. The van der Waals surface area contributed by atoms with Gasteiger partial charge in [-0.15, -0.1) is 0 Å². The van der Waals surface area contributed by atoms with Gasteiger partial charge in [-0.25, -0.2) is 4.79 Å². The molecular formula is C17H28O2. The minimum absolute atomic E-state index is 0.232. The summed E-state index contributed by atoms with van der Waals surface area (Å²) in [5.41, 5.74) is 3.87. The largest absolute Gasteiger partial charge is 0.463 e. The van der Waals surface area contributed by atoms with E-state index in [0.29, 0.717) is 6.61 Å². The first kappa shape index (κ1) is 17.7. The molecule has 0 aromatic carbocycles. The summed E-state index contributed by atoms with van der Waals surface area (Å²) < 4.78 is 4.88. The van der Waals surface area contributed by atoms with Crippen molar-refractivity contribution in [3.8, 4) is 0 Å². The van der Waals surface area contributed by atoms with Crippen molar-refractivity contribution < 1.29 is 9.53 Å². The Morgan fingerprint density at radius 3 is 2.11 bits per heavy atom. The molecular weight excluding hydrogens is 236 g/mol. The van der Waals surface area contributed by atoms with Crippen molar-refractivity contribution in [1.29, 1.82) is 0 Å². The maximum Gasteiger partial charge on any atom is 0.330 e. The normalized spacial score (nSPS) is 12.3. The summed E-state index contributed by atoms with van der Waals surface area (Å²) in [4.78, 5) is 11.2. The molecule has 0 radical (unpaired) electrons. The van der Waals surface area contributed by atoms with Crippen molar-refractivity contribution in [3.63, 3.8) is 0 Å². The molecule has 0 aromatic heterocycles. The molecule has 0 saturated carbocycles. The Balaban J connectivity index is 3.99. The Morgan fingerprint density at radius 1 is 0.947 bits per heavy atom. The summed E-state index contributed by atoms with van der Waals surface area (Å²) in [6.07, 6.45) is 10.3. The molecule has 19 heavy (non-hydrogen) atoms. The Kier molecular flexibility index (Phi) is 9.87. The van der Waals surface area contributed by atoms with Crippen LogP contribution in [0.5, 0.6) is 0 Å². The molecule has 0 unspecified atom stereocenters. The van der Waals surface area contributed by atoms with Gasteiger partial charge in [-0.3, -0.25) is 0 Å². The van der Waals surface area contributed by atoms with Gasteiger partial charge in [0.05, 0.1) is 6.61 Å². The molecule has 0 amide bonds.